The van der Waals surface area contributed by atoms with Crippen molar-refractivity contribution >= 4 is 10.2 Å². The van der Waals surface area contributed by atoms with E-state index in [0.29, 0.717) is 32.1 Å². The molecule has 1 fully saturated rings. The van der Waals surface area contributed by atoms with Gasteiger partial charge >= 0.3 is 0 Å². The first kappa shape index (κ1) is 11.9. The van der Waals surface area contributed by atoms with E-state index in [1.165, 1.54) is 4.31 Å². The highest BCUT2D eigenvalue weighted by atomic mass is 32.2. The summed E-state index contributed by atoms with van der Waals surface area (Å²) >= 11 is 0. The zero-order valence-corrected chi connectivity index (χ0v) is 9.39. The number of nitrogens with zero attached hydrogens (tertiary/aromatic N) is 1. The molecule has 0 aromatic rings. The fourth-order valence-corrected chi connectivity index (χ4v) is 3.06. The fourth-order valence-electron chi connectivity index (χ4n) is 1.76. The highest BCUT2D eigenvalue weighted by Gasteiger charge is 2.29. The van der Waals surface area contributed by atoms with Gasteiger partial charge in [0.25, 0.3) is 10.2 Å². The van der Waals surface area contributed by atoms with E-state index in [-0.39, 0.29) is 0 Å². The molecule has 3 N–H and O–H groups in total. The van der Waals surface area contributed by atoms with Crippen LogP contribution in [0.1, 0.15) is 19.8 Å². The number of hydrogen-bond acceptors (Lipinski definition) is 3. The molecule has 1 aliphatic rings. The van der Waals surface area contributed by atoms with E-state index < -0.39 is 10.2 Å². The van der Waals surface area contributed by atoms with Crippen LogP contribution in [0.15, 0.2) is 0 Å². The van der Waals surface area contributed by atoms with Crippen LogP contribution in [0.4, 0.5) is 0 Å². The van der Waals surface area contributed by atoms with Crippen LogP contribution in [0, 0.1) is 5.92 Å². The van der Waals surface area contributed by atoms with Gasteiger partial charge < -0.3 is 5.73 Å². The molecule has 1 atom stereocenters. The molecule has 0 amide bonds. The third-order valence-corrected chi connectivity index (χ3v) is 4.16. The Morgan fingerprint density at radius 2 is 2.29 bits per heavy atom. The van der Waals surface area contributed by atoms with E-state index in [0.717, 1.165) is 12.8 Å². The molecule has 0 aliphatic carbocycles. The van der Waals surface area contributed by atoms with Crippen LogP contribution in [0.3, 0.4) is 0 Å². The molecule has 0 aromatic carbocycles. The lowest BCUT2D eigenvalue weighted by molar-refractivity contribution is 0.441. The summed E-state index contributed by atoms with van der Waals surface area (Å²) in [5, 5.41) is 0. The van der Waals surface area contributed by atoms with Gasteiger partial charge in [0.1, 0.15) is 0 Å². The van der Waals surface area contributed by atoms with Crippen LogP contribution in [-0.4, -0.2) is 38.9 Å². The third kappa shape index (κ3) is 2.91. The normalized spacial score (nSPS) is 24.3. The van der Waals surface area contributed by atoms with Gasteiger partial charge in [-0.05, 0) is 25.3 Å². The Kier molecular flexibility index (Phi) is 4.31. The Morgan fingerprint density at radius 3 is 2.86 bits per heavy atom. The minimum absolute atomic E-state index is 0.438. The molecule has 14 heavy (non-hydrogen) atoms. The van der Waals surface area contributed by atoms with E-state index in [2.05, 4.69) is 4.72 Å². The highest BCUT2D eigenvalue weighted by Crippen LogP contribution is 2.20. The predicted octanol–water partition coefficient (Wildman–Crippen LogP) is -0.489. The van der Waals surface area contributed by atoms with E-state index >= 15 is 0 Å². The summed E-state index contributed by atoms with van der Waals surface area (Å²) in [6, 6.07) is 0. The van der Waals surface area contributed by atoms with Crippen molar-refractivity contribution in [3.05, 3.63) is 0 Å². The van der Waals surface area contributed by atoms with Crippen LogP contribution >= 0.6 is 0 Å². The third-order valence-electron chi connectivity index (χ3n) is 2.49. The summed E-state index contributed by atoms with van der Waals surface area (Å²) in [5.74, 6) is 0.438. The van der Waals surface area contributed by atoms with Crippen molar-refractivity contribution in [1.82, 2.24) is 9.03 Å². The second-order valence-corrected chi connectivity index (χ2v) is 5.35. The molecule has 1 aliphatic heterocycles. The number of hydrogen-bond donors (Lipinski definition) is 2. The van der Waals surface area contributed by atoms with Crippen molar-refractivity contribution in [2.75, 3.05) is 26.2 Å². The second kappa shape index (κ2) is 5.06. The van der Waals surface area contributed by atoms with Crippen LogP contribution in [0.5, 0.6) is 0 Å². The first-order valence-corrected chi connectivity index (χ1v) is 6.49. The summed E-state index contributed by atoms with van der Waals surface area (Å²) in [6.45, 7) is 4.11. The maximum Gasteiger partial charge on any atom is 0.279 e. The van der Waals surface area contributed by atoms with Gasteiger partial charge in [0, 0.05) is 19.6 Å². The van der Waals surface area contributed by atoms with Crippen LogP contribution < -0.4 is 10.5 Å². The number of rotatable bonds is 5. The molecule has 1 rings (SSSR count). The van der Waals surface area contributed by atoms with Crippen molar-refractivity contribution in [1.29, 1.82) is 0 Å². The zero-order chi connectivity index (χ0) is 10.6. The quantitative estimate of drug-likeness (QED) is 0.658. The summed E-state index contributed by atoms with van der Waals surface area (Å²) in [7, 11) is -3.22. The molecular formula is C8H19N3O2S. The van der Waals surface area contributed by atoms with Crippen LogP contribution in [-0.2, 0) is 10.2 Å². The molecule has 0 spiro atoms. The lowest BCUT2D eigenvalue weighted by Crippen LogP contribution is -2.39. The van der Waals surface area contributed by atoms with Gasteiger partial charge in [-0.3, -0.25) is 0 Å². The van der Waals surface area contributed by atoms with E-state index in [4.69, 9.17) is 5.73 Å². The standard InChI is InChI=1S/C8H19N3O2S/c1-2-10-14(12,13)11-6-4-8(7-11)3-5-9/h8,10H,2-7,9H2,1H3. The molecule has 0 aromatic heterocycles. The summed E-state index contributed by atoms with van der Waals surface area (Å²) in [6.07, 6.45) is 1.85. The Labute approximate surface area is 85.8 Å². The van der Waals surface area contributed by atoms with Gasteiger partial charge in [-0.2, -0.15) is 12.7 Å². The van der Waals surface area contributed by atoms with Crippen LogP contribution in [0.2, 0.25) is 0 Å². The average Bonchev–Trinajstić information content (AvgIpc) is 2.54. The molecule has 0 radical (unpaired) electrons. The molecule has 1 unspecified atom stereocenters. The molecular weight excluding hydrogens is 202 g/mol. The molecule has 5 nitrogen and oxygen atoms in total. The van der Waals surface area contributed by atoms with Gasteiger partial charge in [-0.25, -0.2) is 4.72 Å². The first-order valence-electron chi connectivity index (χ1n) is 5.05. The average molecular weight is 221 g/mol. The molecule has 1 saturated heterocycles. The summed E-state index contributed by atoms with van der Waals surface area (Å²) in [5.41, 5.74) is 5.44. The summed E-state index contributed by atoms with van der Waals surface area (Å²) < 4.78 is 27.1. The lowest BCUT2D eigenvalue weighted by atomic mass is 10.1. The maximum atomic E-state index is 11.6. The molecule has 6 heteroatoms. The van der Waals surface area contributed by atoms with E-state index in [1.807, 2.05) is 0 Å². The Morgan fingerprint density at radius 1 is 1.57 bits per heavy atom. The minimum atomic E-state index is -3.22. The van der Waals surface area contributed by atoms with Gasteiger partial charge in [0.2, 0.25) is 0 Å². The molecule has 84 valence electrons. The predicted molar refractivity (Wildman–Crippen MR) is 55.9 cm³/mol. The van der Waals surface area contributed by atoms with Gasteiger partial charge in [0.15, 0.2) is 0 Å². The monoisotopic (exact) mass is 221 g/mol. The molecule has 0 bridgehead atoms. The smallest absolute Gasteiger partial charge is 0.279 e. The van der Waals surface area contributed by atoms with Crippen molar-refractivity contribution in [2.45, 2.75) is 19.8 Å². The largest absolute Gasteiger partial charge is 0.330 e. The SMILES string of the molecule is CCNS(=O)(=O)N1CCC(CCN)C1. The van der Waals surface area contributed by atoms with E-state index in [1.54, 1.807) is 6.92 Å². The Hall–Kier alpha value is -0.170. The van der Waals surface area contributed by atoms with Crippen molar-refractivity contribution in [2.24, 2.45) is 11.7 Å². The highest BCUT2D eigenvalue weighted by molar-refractivity contribution is 7.87. The lowest BCUT2D eigenvalue weighted by Gasteiger charge is -2.16. The summed E-state index contributed by atoms with van der Waals surface area (Å²) in [4.78, 5) is 0. The zero-order valence-electron chi connectivity index (χ0n) is 8.57. The van der Waals surface area contributed by atoms with Crippen molar-refractivity contribution < 1.29 is 8.42 Å². The molecule has 0 saturated carbocycles. The number of nitrogens with two attached hydrogens (primary N) is 1. The van der Waals surface area contributed by atoms with Crippen LogP contribution in [0.25, 0.3) is 0 Å². The fraction of sp³-hybridized carbons (Fsp3) is 1.00. The minimum Gasteiger partial charge on any atom is -0.330 e. The topological polar surface area (TPSA) is 75.4 Å². The Bertz CT molecular complexity index is 266. The van der Waals surface area contributed by atoms with Gasteiger partial charge in [-0.15, -0.1) is 0 Å². The van der Waals surface area contributed by atoms with Crippen molar-refractivity contribution in [3.63, 3.8) is 0 Å². The van der Waals surface area contributed by atoms with Gasteiger partial charge in [-0.1, -0.05) is 6.92 Å². The number of nitrogens with one attached hydrogen (secondary N) is 1. The first-order chi connectivity index (χ1) is 6.60. The van der Waals surface area contributed by atoms with Crippen molar-refractivity contribution in [3.8, 4) is 0 Å². The molecule has 1 heterocycles. The van der Waals surface area contributed by atoms with E-state index in [9.17, 15) is 8.42 Å². The van der Waals surface area contributed by atoms with Gasteiger partial charge in [0.05, 0.1) is 0 Å². The Balaban J connectivity index is 2.49. The second-order valence-electron chi connectivity index (χ2n) is 3.59. The maximum absolute atomic E-state index is 11.6.